The molecule has 0 bridgehead atoms. The lowest BCUT2D eigenvalue weighted by Gasteiger charge is -2.28. The third-order valence-electron chi connectivity index (χ3n) is 7.23. The monoisotopic (exact) mass is 610 g/mol. The summed E-state index contributed by atoms with van der Waals surface area (Å²) >= 11 is 7.77. The van der Waals surface area contributed by atoms with Gasteiger partial charge in [0.1, 0.15) is 5.01 Å². The van der Waals surface area contributed by atoms with Gasteiger partial charge in [0.25, 0.3) is 0 Å². The molecule has 3 aromatic carbocycles. The first kappa shape index (κ1) is 29.0. The van der Waals surface area contributed by atoms with Gasteiger partial charge in [-0.15, -0.1) is 11.3 Å². The molecule has 0 aliphatic heterocycles. The molecule has 9 heteroatoms. The fourth-order valence-electron chi connectivity index (χ4n) is 5.46. The average Bonchev–Trinajstić information content (AvgIpc) is 3.54. The van der Waals surface area contributed by atoms with Crippen LogP contribution in [0.2, 0.25) is 5.02 Å². The number of ether oxygens (including phenoxy) is 1. The number of hydrogen-bond donors (Lipinski definition) is 1. The zero-order chi connectivity index (χ0) is 30.6. The lowest BCUT2D eigenvalue weighted by atomic mass is 9.91. The van der Waals surface area contributed by atoms with Gasteiger partial charge in [-0.3, -0.25) is 9.67 Å². The molecule has 6 aromatic rings. The van der Waals surface area contributed by atoms with E-state index in [4.69, 9.17) is 21.3 Å². The van der Waals surface area contributed by atoms with E-state index in [-0.39, 0.29) is 0 Å². The normalized spacial score (nSPS) is 12.7. The lowest BCUT2D eigenvalue weighted by Crippen LogP contribution is -2.28. The highest BCUT2D eigenvalue weighted by Crippen LogP contribution is 2.44. The predicted octanol–water partition coefficient (Wildman–Crippen LogP) is 8.79. The number of carboxylic acids is 1. The van der Waals surface area contributed by atoms with Gasteiger partial charge in [0.05, 0.1) is 27.0 Å². The van der Waals surface area contributed by atoms with Crippen LogP contribution in [-0.2, 0) is 16.6 Å². The van der Waals surface area contributed by atoms with Gasteiger partial charge in [-0.05, 0) is 93.8 Å². The number of halogens is 1. The first-order chi connectivity index (χ1) is 20.4. The summed E-state index contributed by atoms with van der Waals surface area (Å²) in [6, 6.07) is 17.6. The third-order valence-corrected chi connectivity index (χ3v) is 8.62. The maximum atomic E-state index is 12.6. The second-order valence-corrected chi connectivity index (χ2v) is 13.2. The topological polar surface area (TPSA) is 90.1 Å². The van der Waals surface area contributed by atoms with Gasteiger partial charge in [0, 0.05) is 52.1 Å². The molecule has 0 saturated heterocycles. The molecule has 0 saturated carbocycles. The largest absolute Gasteiger partial charge is 0.479 e. The number of hydrogen-bond acceptors (Lipinski definition) is 6. The van der Waals surface area contributed by atoms with Crippen molar-refractivity contribution >= 4 is 50.0 Å². The lowest BCUT2D eigenvalue weighted by molar-refractivity contribution is -0.160. The molecular weight excluding hydrogens is 580 g/mol. The zero-order valence-corrected chi connectivity index (χ0v) is 26.3. The van der Waals surface area contributed by atoms with Crippen LogP contribution in [0.25, 0.3) is 54.1 Å². The van der Waals surface area contributed by atoms with E-state index in [0.717, 1.165) is 65.2 Å². The first-order valence-electron chi connectivity index (χ1n) is 13.9. The Morgan fingerprint density at radius 1 is 1.00 bits per heavy atom. The second-order valence-electron chi connectivity index (χ2n) is 11.8. The number of aliphatic carboxylic acids is 1. The standard InChI is InChI=1S/C34H31ClN4O3S/c1-18-14-26-31(28(20-7-9-24(35)10-8-20)27(18)30(33(40)41)42-34(3,4)5)43-32(37-26)21-11-12-36-25(16-21)22-13-19(2)29-23(15-22)17-39(6)38-29/h7-17,30H,1-6H3,(H,40,41). The smallest absolute Gasteiger partial charge is 0.337 e. The van der Waals surface area contributed by atoms with Crippen molar-refractivity contribution in [2.75, 3.05) is 0 Å². The van der Waals surface area contributed by atoms with Gasteiger partial charge in [-0.1, -0.05) is 23.7 Å². The molecule has 43 heavy (non-hydrogen) atoms. The van der Waals surface area contributed by atoms with E-state index in [2.05, 4.69) is 29.1 Å². The van der Waals surface area contributed by atoms with Crippen LogP contribution in [0.5, 0.6) is 0 Å². The summed E-state index contributed by atoms with van der Waals surface area (Å²) in [5.74, 6) is -1.04. The number of nitrogens with zero attached hydrogens (tertiary/aromatic N) is 4. The summed E-state index contributed by atoms with van der Waals surface area (Å²) in [7, 11) is 1.92. The minimum atomic E-state index is -1.17. The van der Waals surface area contributed by atoms with Crippen LogP contribution < -0.4 is 0 Å². The van der Waals surface area contributed by atoms with Crippen LogP contribution in [0, 0.1) is 13.8 Å². The molecule has 0 aliphatic rings. The van der Waals surface area contributed by atoms with Gasteiger partial charge in [0.15, 0.2) is 6.10 Å². The highest BCUT2D eigenvalue weighted by molar-refractivity contribution is 7.22. The molecule has 1 N–H and O–H groups in total. The van der Waals surface area contributed by atoms with Gasteiger partial charge in [-0.25, -0.2) is 9.78 Å². The van der Waals surface area contributed by atoms with Gasteiger partial charge in [0.2, 0.25) is 0 Å². The van der Waals surface area contributed by atoms with Crippen molar-refractivity contribution < 1.29 is 14.6 Å². The Labute approximate surface area is 258 Å². The van der Waals surface area contributed by atoms with Gasteiger partial charge in [-0.2, -0.15) is 5.10 Å². The number of benzene rings is 3. The number of aromatic nitrogens is 4. The van der Waals surface area contributed by atoms with Crippen molar-refractivity contribution in [3.05, 3.63) is 88.7 Å². The molecular formula is C34H31ClN4O3S. The van der Waals surface area contributed by atoms with Crippen molar-refractivity contribution in [1.82, 2.24) is 19.7 Å². The maximum absolute atomic E-state index is 12.6. The predicted molar refractivity (Wildman–Crippen MR) is 174 cm³/mol. The second kappa shape index (κ2) is 10.9. The van der Waals surface area contributed by atoms with Crippen molar-refractivity contribution in [3.8, 4) is 33.0 Å². The summed E-state index contributed by atoms with van der Waals surface area (Å²) in [6.07, 6.45) is 2.64. The Morgan fingerprint density at radius 2 is 1.74 bits per heavy atom. The Kier molecular flexibility index (Phi) is 7.32. The van der Waals surface area contributed by atoms with E-state index >= 15 is 0 Å². The molecule has 6 rings (SSSR count). The van der Waals surface area contributed by atoms with Crippen molar-refractivity contribution in [3.63, 3.8) is 0 Å². The zero-order valence-electron chi connectivity index (χ0n) is 24.8. The number of thiazole rings is 1. The maximum Gasteiger partial charge on any atom is 0.337 e. The van der Waals surface area contributed by atoms with Crippen molar-refractivity contribution in [2.24, 2.45) is 7.05 Å². The van der Waals surface area contributed by atoms with E-state index in [1.165, 1.54) is 11.3 Å². The average molecular weight is 611 g/mol. The fraction of sp³-hybridized carbons (Fsp3) is 0.235. The highest BCUT2D eigenvalue weighted by atomic mass is 35.5. The van der Waals surface area contributed by atoms with E-state index < -0.39 is 17.7 Å². The Morgan fingerprint density at radius 3 is 2.44 bits per heavy atom. The summed E-state index contributed by atoms with van der Waals surface area (Å²) in [4.78, 5) is 22.4. The third kappa shape index (κ3) is 5.66. The van der Waals surface area contributed by atoms with Crippen LogP contribution in [0.1, 0.15) is 43.6 Å². The highest BCUT2D eigenvalue weighted by Gasteiger charge is 2.32. The molecule has 0 radical (unpaired) electrons. The number of fused-ring (bicyclic) bond motifs is 2. The summed E-state index contributed by atoms with van der Waals surface area (Å²) in [5.41, 5.74) is 7.99. The minimum Gasteiger partial charge on any atom is -0.479 e. The molecule has 7 nitrogen and oxygen atoms in total. The van der Waals surface area contributed by atoms with E-state index in [1.54, 1.807) is 6.20 Å². The minimum absolute atomic E-state index is 0.601. The van der Waals surface area contributed by atoms with Gasteiger partial charge >= 0.3 is 5.97 Å². The quantitative estimate of drug-likeness (QED) is 0.203. The van der Waals surface area contributed by atoms with Crippen molar-refractivity contribution in [2.45, 2.75) is 46.3 Å². The number of aryl methyl sites for hydroxylation is 3. The molecule has 218 valence electrons. The van der Waals surface area contributed by atoms with Crippen LogP contribution in [0.4, 0.5) is 0 Å². The SMILES string of the molecule is Cc1cc2nc(-c3ccnc(-c4cc(C)c5nn(C)cc5c4)c3)sc2c(-c2ccc(Cl)cc2)c1C(OC(C)(C)C)C(=O)O. The van der Waals surface area contributed by atoms with Crippen LogP contribution in [0.15, 0.2) is 67.0 Å². The Balaban J connectivity index is 1.54. The van der Waals surface area contributed by atoms with Crippen LogP contribution >= 0.6 is 22.9 Å². The first-order valence-corrected chi connectivity index (χ1v) is 15.1. The molecule has 3 heterocycles. The molecule has 1 atom stereocenters. The van der Waals surface area contributed by atoms with Crippen LogP contribution in [0.3, 0.4) is 0 Å². The number of carbonyl (C=O) groups is 1. The van der Waals surface area contributed by atoms with E-state index in [1.807, 2.05) is 88.1 Å². The Hall–Kier alpha value is -4.11. The van der Waals surface area contributed by atoms with E-state index in [0.29, 0.717) is 10.6 Å². The van der Waals surface area contributed by atoms with Crippen molar-refractivity contribution in [1.29, 1.82) is 0 Å². The molecule has 1 unspecified atom stereocenters. The molecule has 0 spiro atoms. The fourth-order valence-corrected chi connectivity index (χ4v) is 6.71. The summed E-state index contributed by atoms with van der Waals surface area (Å²) in [6.45, 7) is 9.55. The van der Waals surface area contributed by atoms with Crippen LogP contribution in [-0.4, -0.2) is 36.4 Å². The molecule has 0 aliphatic carbocycles. The number of pyridine rings is 1. The van der Waals surface area contributed by atoms with Gasteiger partial charge < -0.3 is 9.84 Å². The molecule has 3 aromatic heterocycles. The number of carboxylic acid groups (broad SMARTS) is 1. The Bertz CT molecular complexity index is 2020. The van der Waals surface area contributed by atoms with E-state index in [9.17, 15) is 9.90 Å². The summed E-state index contributed by atoms with van der Waals surface area (Å²) in [5, 5.41) is 17.4. The molecule has 0 amide bonds. The molecule has 0 fully saturated rings. The summed E-state index contributed by atoms with van der Waals surface area (Å²) < 4.78 is 8.85. The number of rotatable bonds is 6.